The molecule has 3 heterocycles. The van der Waals surface area contributed by atoms with Gasteiger partial charge in [-0.25, -0.2) is 4.98 Å². The molecule has 2 aromatic rings. The van der Waals surface area contributed by atoms with Crippen LogP contribution in [0.2, 0.25) is 0 Å². The van der Waals surface area contributed by atoms with Crippen LogP contribution < -0.4 is 4.90 Å². The number of nitrogens with one attached hydrogen (secondary N) is 1. The number of hydrogen-bond donors (Lipinski definition) is 1. The fourth-order valence-corrected chi connectivity index (χ4v) is 1.82. The predicted octanol–water partition coefficient (Wildman–Crippen LogP) is 0.264. The monoisotopic (exact) mass is 216 g/mol. The molecule has 1 amide bonds. The van der Waals surface area contributed by atoms with Crippen LogP contribution in [-0.4, -0.2) is 33.4 Å². The average Bonchev–Trinajstić information content (AvgIpc) is 2.81. The van der Waals surface area contributed by atoms with Gasteiger partial charge < -0.3 is 0 Å². The second-order valence-corrected chi connectivity index (χ2v) is 3.64. The van der Waals surface area contributed by atoms with E-state index in [4.69, 9.17) is 0 Å². The molecular formula is C10H8N4O2. The summed E-state index contributed by atoms with van der Waals surface area (Å²) in [4.78, 5) is 28.2. The van der Waals surface area contributed by atoms with Crippen molar-refractivity contribution in [1.82, 2.24) is 15.2 Å². The highest BCUT2D eigenvalue weighted by Crippen LogP contribution is 2.25. The van der Waals surface area contributed by atoms with Crippen LogP contribution in [0, 0.1) is 0 Å². The maximum absolute atomic E-state index is 11.6. The molecule has 2 aromatic heterocycles. The zero-order chi connectivity index (χ0) is 11.1. The third-order valence-electron chi connectivity index (χ3n) is 2.56. The molecule has 0 atom stereocenters. The predicted molar refractivity (Wildman–Crippen MR) is 55.9 cm³/mol. The van der Waals surface area contributed by atoms with Crippen molar-refractivity contribution in [3.8, 4) is 0 Å². The van der Waals surface area contributed by atoms with E-state index in [0.29, 0.717) is 11.5 Å². The third-order valence-corrected chi connectivity index (χ3v) is 2.56. The van der Waals surface area contributed by atoms with Crippen LogP contribution in [0.1, 0.15) is 6.42 Å². The van der Waals surface area contributed by atoms with E-state index >= 15 is 0 Å². The number of rotatable bonds is 1. The Morgan fingerprint density at radius 3 is 3.00 bits per heavy atom. The Morgan fingerprint density at radius 2 is 2.25 bits per heavy atom. The number of H-pyrrole nitrogens is 1. The van der Waals surface area contributed by atoms with Gasteiger partial charge in [-0.1, -0.05) is 0 Å². The molecule has 80 valence electrons. The number of hydrogen-bond acceptors (Lipinski definition) is 4. The summed E-state index contributed by atoms with van der Waals surface area (Å²) in [7, 11) is 0. The number of amides is 1. The Kier molecular flexibility index (Phi) is 1.76. The normalized spacial score (nSPS) is 16.4. The Bertz CT molecular complexity index is 589. The molecule has 1 N–H and O–H groups in total. The lowest BCUT2D eigenvalue weighted by molar-refractivity contribution is -0.121. The summed E-state index contributed by atoms with van der Waals surface area (Å²) >= 11 is 0. The number of nitrogens with zero attached hydrogens (tertiary/aromatic N) is 3. The smallest absolute Gasteiger partial charge is 0.236 e. The number of carbonyl (C=O) groups is 2. The van der Waals surface area contributed by atoms with Crippen molar-refractivity contribution in [2.45, 2.75) is 6.42 Å². The highest BCUT2D eigenvalue weighted by Gasteiger charge is 2.31. The second-order valence-electron chi connectivity index (χ2n) is 3.64. The van der Waals surface area contributed by atoms with Crippen LogP contribution in [0.25, 0.3) is 11.0 Å². The van der Waals surface area contributed by atoms with Crippen LogP contribution in [-0.2, 0) is 9.59 Å². The molecule has 0 aliphatic carbocycles. The number of Topliss-reactive ketones (excluding diaryl/α,β-unsaturated/α-hetero) is 1. The van der Waals surface area contributed by atoms with Gasteiger partial charge >= 0.3 is 0 Å². The number of anilines is 1. The highest BCUT2D eigenvalue weighted by atomic mass is 16.2. The molecule has 1 aliphatic heterocycles. The maximum Gasteiger partial charge on any atom is 0.236 e. The number of fused-ring (bicyclic) bond motifs is 1. The van der Waals surface area contributed by atoms with E-state index in [9.17, 15) is 9.59 Å². The van der Waals surface area contributed by atoms with Crippen LogP contribution >= 0.6 is 0 Å². The molecule has 0 aromatic carbocycles. The number of pyridine rings is 1. The highest BCUT2D eigenvalue weighted by molar-refractivity contribution is 6.16. The maximum atomic E-state index is 11.6. The van der Waals surface area contributed by atoms with Crippen molar-refractivity contribution in [2.75, 3.05) is 11.4 Å². The van der Waals surface area contributed by atoms with Gasteiger partial charge in [-0.05, 0) is 12.1 Å². The molecule has 0 bridgehead atoms. The topological polar surface area (TPSA) is 79.0 Å². The largest absolute Gasteiger partial charge is 0.297 e. The summed E-state index contributed by atoms with van der Waals surface area (Å²) in [6.45, 7) is 0.105. The Morgan fingerprint density at radius 1 is 1.38 bits per heavy atom. The quantitative estimate of drug-likeness (QED) is 0.693. The van der Waals surface area contributed by atoms with Gasteiger partial charge in [0.25, 0.3) is 0 Å². The zero-order valence-electron chi connectivity index (χ0n) is 8.30. The molecule has 0 spiro atoms. The average molecular weight is 216 g/mol. The van der Waals surface area contributed by atoms with Gasteiger partial charge in [0.15, 0.2) is 17.2 Å². The molecule has 1 aliphatic rings. The van der Waals surface area contributed by atoms with E-state index in [-0.39, 0.29) is 24.7 Å². The van der Waals surface area contributed by atoms with Crippen molar-refractivity contribution >= 4 is 28.5 Å². The Labute approximate surface area is 90.3 Å². The zero-order valence-corrected chi connectivity index (χ0v) is 8.30. The van der Waals surface area contributed by atoms with Crippen molar-refractivity contribution in [3.05, 3.63) is 18.3 Å². The minimum Gasteiger partial charge on any atom is -0.297 e. The molecule has 6 nitrogen and oxygen atoms in total. The fraction of sp³-hybridized carbons (Fsp3) is 0.200. The summed E-state index contributed by atoms with van der Waals surface area (Å²) in [5, 5.41) is 7.52. The minimum atomic E-state index is -0.206. The Balaban J connectivity index is 2.13. The molecule has 6 heteroatoms. The first-order chi connectivity index (χ1) is 7.75. The van der Waals surface area contributed by atoms with E-state index in [2.05, 4.69) is 15.2 Å². The van der Waals surface area contributed by atoms with Crippen molar-refractivity contribution in [1.29, 1.82) is 0 Å². The molecule has 3 rings (SSSR count). The van der Waals surface area contributed by atoms with Crippen molar-refractivity contribution in [2.24, 2.45) is 0 Å². The summed E-state index contributed by atoms with van der Waals surface area (Å²) < 4.78 is 0. The van der Waals surface area contributed by atoms with Gasteiger partial charge in [0.05, 0.1) is 18.4 Å². The lowest BCUT2D eigenvalue weighted by Crippen LogP contribution is -2.25. The van der Waals surface area contributed by atoms with Gasteiger partial charge in [0, 0.05) is 6.20 Å². The second kappa shape index (κ2) is 3.13. The first kappa shape index (κ1) is 9.02. The summed E-state index contributed by atoms with van der Waals surface area (Å²) in [5.74, 6) is 0.200. The third kappa shape index (κ3) is 1.19. The van der Waals surface area contributed by atoms with E-state index in [1.165, 1.54) is 4.90 Å². The van der Waals surface area contributed by atoms with E-state index in [0.717, 1.165) is 5.39 Å². The number of ketones is 1. The molecule has 1 saturated heterocycles. The standard InChI is InChI=1S/C10H8N4O2/c15-6-4-8(16)14(5-6)10-7-2-1-3-11-9(7)12-13-10/h1-3H,4-5H2,(H,11,12,13). The number of aromatic amines is 1. The summed E-state index contributed by atoms with van der Waals surface area (Å²) in [6.07, 6.45) is 1.61. The summed E-state index contributed by atoms with van der Waals surface area (Å²) in [6, 6.07) is 3.58. The van der Waals surface area contributed by atoms with Crippen LogP contribution in [0.3, 0.4) is 0 Å². The lowest BCUT2D eigenvalue weighted by atomic mass is 10.3. The summed E-state index contributed by atoms with van der Waals surface area (Å²) in [5.41, 5.74) is 0.615. The molecule has 1 fully saturated rings. The van der Waals surface area contributed by atoms with Gasteiger partial charge in [0.2, 0.25) is 5.91 Å². The minimum absolute atomic E-state index is 0.0331. The van der Waals surface area contributed by atoms with E-state index in [1.54, 1.807) is 12.3 Å². The fourth-order valence-electron chi connectivity index (χ4n) is 1.82. The Hall–Kier alpha value is -2.24. The number of carbonyl (C=O) groups excluding carboxylic acids is 2. The molecule has 16 heavy (non-hydrogen) atoms. The molecular weight excluding hydrogens is 208 g/mol. The van der Waals surface area contributed by atoms with Crippen LogP contribution in [0.5, 0.6) is 0 Å². The molecule has 0 radical (unpaired) electrons. The molecule has 0 unspecified atom stereocenters. The van der Waals surface area contributed by atoms with Gasteiger partial charge in [-0.3, -0.25) is 19.6 Å². The van der Waals surface area contributed by atoms with Crippen LogP contribution in [0.15, 0.2) is 18.3 Å². The van der Waals surface area contributed by atoms with Gasteiger partial charge in [-0.15, -0.1) is 0 Å². The van der Waals surface area contributed by atoms with Crippen molar-refractivity contribution < 1.29 is 9.59 Å². The SMILES string of the molecule is O=C1CC(=O)N(c2n[nH]c3ncccc23)C1. The van der Waals surface area contributed by atoms with E-state index in [1.807, 2.05) is 6.07 Å². The van der Waals surface area contributed by atoms with Crippen LogP contribution in [0.4, 0.5) is 5.82 Å². The number of aromatic nitrogens is 3. The van der Waals surface area contributed by atoms with Crippen molar-refractivity contribution in [3.63, 3.8) is 0 Å². The van der Waals surface area contributed by atoms with Gasteiger partial charge in [0.1, 0.15) is 0 Å². The first-order valence-corrected chi connectivity index (χ1v) is 4.87. The van der Waals surface area contributed by atoms with Gasteiger partial charge in [-0.2, -0.15) is 5.10 Å². The van der Waals surface area contributed by atoms with E-state index < -0.39 is 0 Å². The molecule has 0 saturated carbocycles. The lowest BCUT2D eigenvalue weighted by Gasteiger charge is -2.10. The first-order valence-electron chi connectivity index (χ1n) is 4.87.